The van der Waals surface area contributed by atoms with Crippen molar-refractivity contribution in [2.24, 2.45) is 0 Å². The smallest absolute Gasteiger partial charge is 0.216 e. The van der Waals surface area contributed by atoms with Gasteiger partial charge < -0.3 is 4.74 Å². The highest BCUT2D eigenvalue weighted by Crippen LogP contribution is 2.15. The van der Waals surface area contributed by atoms with Crippen molar-refractivity contribution in [3.05, 3.63) is 12.2 Å². The lowest BCUT2D eigenvalue weighted by atomic mass is 10.4. The summed E-state index contributed by atoms with van der Waals surface area (Å²) in [6.45, 7) is 7.03. The fourth-order valence-electron chi connectivity index (χ4n) is 0.299. The first-order chi connectivity index (χ1) is 4.57. The molecule has 0 amide bonds. The van der Waals surface area contributed by atoms with Gasteiger partial charge in [0, 0.05) is 7.11 Å². The Morgan fingerprint density at radius 3 is 2.50 bits per heavy atom. The van der Waals surface area contributed by atoms with Crippen LogP contribution in [0.4, 0.5) is 0 Å². The Bertz CT molecular complexity index is 143. The molecule has 0 saturated carbocycles. The number of rotatable bonds is 3. The van der Waals surface area contributed by atoms with Crippen LogP contribution in [0.25, 0.3) is 0 Å². The van der Waals surface area contributed by atoms with Crippen molar-refractivity contribution < 1.29 is 9.53 Å². The van der Waals surface area contributed by atoms with Gasteiger partial charge in [0.2, 0.25) is 5.12 Å². The van der Waals surface area contributed by atoms with Gasteiger partial charge in [-0.15, -0.1) is 0 Å². The van der Waals surface area contributed by atoms with Gasteiger partial charge in [-0.25, -0.2) is 0 Å². The fraction of sp³-hybridized carbons (Fsp3) is 0.571. The van der Waals surface area contributed by atoms with E-state index in [-0.39, 0.29) is 10.6 Å². The van der Waals surface area contributed by atoms with Crippen LogP contribution in [0.1, 0.15) is 13.8 Å². The second kappa shape index (κ2) is 4.52. The van der Waals surface area contributed by atoms with Gasteiger partial charge in [-0.3, -0.25) is 4.79 Å². The summed E-state index contributed by atoms with van der Waals surface area (Å²) in [5, 5.41) is -0.00523. The number of carbonyl (C=O) groups is 1. The molecule has 0 bridgehead atoms. The maximum absolute atomic E-state index is 10.9. The molecule has 0 radical (unpaired) electrons. The molecule has 0 fully saturated rings. The third kappa shape index (κ3) is 3.69. The SMILES string of the molecule is C=C(C)C(=O)SC(C)OC. The fourth-order valence-corrected chi connectivity index (χ4v) is 0.898. The summed E-state index contributed by atoms with van der Waals surface area (Å²) in [4.78, 5) is 10.9. The molecule has 0 N–H and O–H groups in total. The standard InChI is InChI=1S/C7H12O2S/c1-5(2)7(8)10-6(3)9-4/h6H,1H2,2-4H3. The van der Waals surface area contributed by atoms with Gasteiger partial charge in [-0.2, -0.15) is 0 Å². The maximum Gasteiger partial charge on any atom is 0.216 e. The summed E-state index contributed by atoms with van der Waals surface area (Å²) in [6, 6.07) is 0. The van der Waals surface area contributed by atoms with E-state index in [1.807, 2.05) is 6.92 Å². The molecule has 3 heteroatoms. The summed E-state index contributed by atoms with van der Waals surface area (Å²) in [5.41, 5.74) is 0.484. The van der Waals surface area contributed by atoms with Crippen LogP contribution in [0.15, 0.2) is 12.2 Å². The third-order valence-corrected chi connectivity index (χ3v) is 2.04. The minimum Gasteiger partial charge on any atom is -0.371 e. The summed E-state index contributed by atoms with van der Waals surface area (Å²) >= 11 is 1.15. The molecule has 0 aliphatic carbocycles. The van der Waals surface area contributed by atoms with E-state index in [2.05, 4.69) is 6.58 Å². The van der Waals surface area contributed by atoms with Crippen LogP contribution in [0.5, 0.6) is 0 Å². The Labute approximate surface area is 65.6 Å². The van der Waals surface area contributed by atoms with Crippen LogP contribution in [-0.2, 0) is 9.53 Å². The van der Waals surface area contributed by atoms with Gasteiger partial charge in [-0.05, 0) is 19.4 Å². The Morgan fingerprint density at radius 2 is 2.20 bits per heavy atom. The van der Waals surface area contributed by atoms with Gasteiger partial charge in [-0.1, -0.05) is 18.3 Å². The minimum atomic E-state index is -0.0794. The first-order valence-corrected chi connectivity index (χ1v) is 3.85. The van der Waals surface area contributed by atoms with Crippen molar-refractivity contribution in [3.8, 4) is 0 Å². The van der Waals surface area contributed by atoms with Gasteiger partial charge in [0.1, 0.15) is 5.44 Å². The quantitative estimate of drug-likeness (QED) is 0.465. The van der Waals surface area contributed by atoms with Crippen LogP contribution in [0.3, 0.4) is 0 Å². The number of carbonyl (C=O) groups excluding carboxylic acids is 1. The number of hydrogen-bond donors (Lipinski definition) is 0. The van der Waals surface area contributed by atoms with Crippen molar-refractivity contribution in [1.29, 1.82) is 0 Å². The van der Waals surface area contributed by atoms with Crippen LogP contribution in [-0.4, -0.2) is 17.7 Å². The average Bonchev–Trinajstić information content (AvgIpc) is 1.87. The van der Waals surface area contributed by atoms with Crippen LogP contribution < -0.4 is 0 Å². The second-order valence-corrected chi connectivity index (χ2v) is 3.26. The molecule has 2 nitrogen and oxygen atoms in total. The predicted octanol–water partition coefficient (Wildman–Crippen LogP) is 1.81. The molecule has 0 aromatic rings. The van der Waals surface area contributed by atoms with E-state index in [1.165, 1.54) is 0 Å². The van der Waals surface area contributed by atoms with Crippen LogP contribution >= 0.6 is 11.8 Å². The third-order valence-electron chi connectivity index (χ3n) is 0.953. The highest BCUT2D eigenvalue weighted by Gasteiger charge is 2.08. The molecule has 58 valence electrons. The van der Waals surface area contributed by atoms with Crippen molar-refractivity contribution in [3.63, 3.8) is 0 Å². The number of ether oxygens (including phenoxy) is 1. The van der Waals surface area contributed by atoms with E-state index in [0.717, 1.165) is 11.8 Å². The lowest BCUT2D eigenvalue weighted by Gasteiger charge is -2.06. The molecular weight excluding hydrogens is 148 g/mol. The van der Waals surface area contributed by atoms with Crippen molar-refractivity contribution in [2.75, 3.05) is 7.11 Å². The van der Waals surface area contributed by atoms with E-state index in [4.69, 9.17) is 4.74 Å². The summed E-state index contributed by atoms with van der Waals surface area (Å²) in [5.74, 6) is 0. The highest BCUT2D eigenvalue weighted by molar-refractivity contribution is 8.14. The topological polar surface area (TPSA) is 26.3 Å². The average molecular weight is 160 g/mol. The molecular formula is C7H12O2S. The Kier molecular flexibility index (Phi) is 4.40. The lowest BCUT2D eigenvalue weighted by molar-refractivity contribution is -0.107. The van der Waals surface area contributed by atoms with Crippen molar-refractivity contribution in [1.82, 2.24) is 0 Å². The Balaban J connectivity index is 3.68. The minimum absolute atomic E-state index is 0.00523. The first-order valence-electron chi connectivity index (χ1n) is 2.97. The molecule has 0 spiro atoms. The zero-order valence-electron chi connectivity index (χ0n) is 6.51. The molecule has 0 aromatic heterocycles. The Hall–Kier alpha value is -0.280. The largest absolute Gasteiger partial charge is 0.371 e. The molecule has 0 aromatic carbocycles. The molecule has 0 rings (SSSR count). The van der Waals surface area contributed by atoms with Gasteiger partial charge in [0.15, 0.2) is 0 Å². The molecule has 0 saturated heterocycles. The van der Waals surface area contributed by atoms with Gasteiger partial charge in [0.25, 0.3) is 0 Å². The monoisotopic (exact) mass is 160 g/mol. The zero-order valence-corrected chi connectivity index (χ0v) is 7.33. The van der Waals surface area contributed by atoms with E-state index < -0.39 is 0 Å². The lowest BCUT2D eigenvalue weighted by Crippen LogP contribution is -2.04. The first kappa shape index (κ1) is 9.72. The summed E-state index contributed by atoms with van der Waals surface area (Å²) in [7, 11) is 1.57. The second-order valence-electron chi connectivity index (χ2n) is 1.99. The molecule has 0 heterocycles. The molecule has 1 unspecified atom stereocenters. The van der Waals surface area contributed by atoms with Crippen molar-refractivity contribution in [2.45, 2.75) is 19.3 Å². The Morgan fingerprint density at radius 1 is 1.70 bits per heavy atom. The molecule has 1 atom stereocenters. The summed E-state index contributed by atoms with van der Waals surface area (Å²) in [6.07, 6.45) is 0. The van der Waals surface area contributed by atoms with Gasteiger partial charge >= 0.3 is 0 Å². The highest BCUT2D eigenvalue weighted by atomic mass is 32.2. The van der Waals surface area contributed by atoms with Gasteiger partial charge in [0.05, 0.1) is 0 Å². The molecule has 10 heavy (non-hydrogen) atoms. The predicted molar refractivity (Wildman–Crippen MR) is 43.9 cm³/mol. The van der Waals surface area contributed by atoms with E-state index in [0.29, 0.717) is 5.57 Å². The summed E-state index contributed by atoms with van der Waals surface area (Å²) < 4.78 is 4.87. The molecule has 0 aliphatic rings. The van der Waals surface area contributed by atoms with Crippen molar-refractivity contribution >= 4 is 16.9 Å². The zero-order chi connectivity index (χ0) is 8.15. The van der Waals surface area contributed by atoms with Crippen LogP contribution in [0, 0.1) is 0 Å². The van der Waals surface area contributed by atoms with E-state index >= 15 is 0 Å². The number of thioether (sulfide) groups is 1. The van der Waals surface area contributed by atoms with E-state index in [1.54, 1.807) is 14.0 Å². The molecule has 0 aliphatic heterocycles. The normalized spacial score (nSPS) is 12.7. The number of methoxy groups -OCH3 is 1. The van der Waals surface area contributed by atoms with Crippen LogP contribution in [0.2, 0.25) is 0 Å². The maximum atomic E-state index is 10.9. The number of hydrogen-bond acceptors (Lipinski definition) is 3. The van der Waals surface area contributed by atoms with E-state index in [9.17, 15) is 4.79 Å².